The van der Waals surface area contributed by atoms with E-state index >= 15 is 0 Å². The predicted octanol–water partition coefficient (Wildman–Crippen LogP) is 2.64. The number of hydrogen-bond acceptors (Lipinski definition) is 5. The number of fused-ring (bicyclic) bond motifs is 1. The Kier molecular flexibility index (Phi) is 4.76. The second-order valence-electron chi connectivity index (χ2n) is 5.76. The molecule has 0 unspecified atom stereocenters. The monoisotopic (exact) mass is 306 g/mol. The van der Waals surface area contributed by atoms with Gasteiger partial charge in [-0.2, -0.15) is 0 Å². The van der Waals surface area contributed by atoms with Crippen molar-refractivity contribution in [2.45, 2.75) is 50.8 Å². The molecule has 120 valence electrons. The van der Waals surface area contributed by atoms with Crippen LogP contribution in [0.3, 0.4) is 0 Å². The minimum atomic E-state index is -0.457. The van der Waals surface area contributed by atoms with Crippen molar-refractivity contribution in [3.05, 3.63) is 29.8 Å². The van der Waals surface area contributed by atoms with Crippen LogP contribution in [0.1, 0.15) is 38.0 Å². The van der Waals surface area contributed by atoms with Gasteiger partial charge in [-0.1, -0.05) is 19.1 Å². The second-order valence-corrected chi connectivity index (χ2v) is 5.76. The van der Waals surface area contributed by atoms with Crippen LogP contribution >= 0.6 is 0 Å². The molecule has 5 nitrogen and oxygen atoms in total. The maximum Gasteiger partial charge on any atom is 0.184 e. The van der Waals surface area contributed by atoms with Crippen molar-refractivity contribution in [1.82, 2.24) is 0 Å². The van der Waals surface area contributed by atoms with Crippen LogP contribution in [0.2, 0.25) is 0 Å². The van der Waals surface area contributed by atoms with Gasteiger partial charge < -0.3 is 18.9 Å². The maximum atomic E-state index is 12.0. The molecule has 1 aromatic carbocycles. The molecule has 0 saturated carbocycles. The van der Waals surface area contributed by atoms with E-state index in [2.05, 4.69) is 0 Å². The number of methoxy groups -OCH3 is 1. The van der Waals surface area contributed by atoms with Crippen LogP contribution in [0.5, 0.6) is 5.75 Å². The highest BCUT2D eigenvalue weighted by Crippen LogP contribution is 2.33. The zero-order chi connectivity index (χ0) is 15.5. The SMILES string of the molecule is CC[C@H]1CC(=O)C[C@@H]2O[C@H](c3ccc(OC)cc3)OC[C@H]2O1. The summed E-state index contributed by atoms with van der Waals surface area (Å²) < 4.78 is 22.9. The van der Waals surface area contributed by atoms with E-state index in [9.17, 15) is 4.79 Å². The van der Waals surface area contributed by atoms with Crippen molar-refractivity contribution >= 4 is 5.78 Å². The number of carbonyl (C=O) groups is 1. The van der Waals surface area contributed by atoms with E-state index in [-0.39, 0.29) is 24.1 Å². The Morgan fingerprint density at radius 2 is 1.91 bits per heavy atom. The summed E-state index contributed by atoms with van der Waals surface area (Å²) in [7, 11) is 1.63. The number of benzene rings is 1. The summed E-state index contributed by atoms with van der Waals surface area (Å²) in [6, 6.07) is 7.57. The first kappa shape index (κ1) is 15.5. The summed E-state index contributed by atoms with van der Waals surface area (Å²) in [5.41, 5.74) is 0.919. The molecule has 0 amide bonds. The smallest absolute Gasteiger partial charge is 0.184 e. The van der Waals surface area contributed by atoms with E-state index in [0.29, 0.717) is 19.4 Å². The number of carbonyl (C=O) groups excluding carboxylic acids is 1. The molecule has 2 heterocycles. The van der Waals surface area contributed by atoms with Crippen molar-refractivity contribution in [3.63, 3.8) is 0 Å². The van der Waals surface area contributed by atoms with E-state index in [1.807, 2.05) is 31.2 Å². The molecule has 0 radical (unpaired) electrons. The first-order chi connectivity index (χ1) is 10.7. The van der Waals surface area contributed by atoms with Crippen LogP contribution in [0.15, 0.2) is 24.3 Å². The Morgan fingerprint density at radius 3 is 2.59 bits per heavy atom. The lowest BCUT2D eigenvalue weighted by atomic mass is 10.0. The first-order valence-electron chi connectivity index (χ1n) is 7.77. The van der Waals surface area contributed by atoms with Crippen LogP contribution < -0.4 is 4.74 Å². The number of Topliss-reactive ketones (excluding diaryl/α,β-unsaturated/α-hetero) is 1. The quantitative estimate of drug-likeness (QED) is 0.859. The molecule has 22 heavy (non-hydrogen) atoms. The fraction of sp³-hybridized carbons (Fsp3) is 0.588. The van der Waals surface area contributed by atoms with Crippen LogP contribution in [-0.2, 0) is 19.0 Å². The summed E-state index contributed by atoms with van der Waals surface area (Å²) in [5, 5.41) is 0. The molecular formula is C17H22O5. The Balaban J connectivity index is 1.70. The van der Waals surface area contributed by atoms with Gasteiger partial charge in [-0.05, 0) is 18.6 Å². The largest absolute Gasteiger partial charge is 0.497 e. The van der Waals surface area contributed by atoms with Crippen molar-refractivity contribution in [1.29, 1.82) is 0 Å². The zero-order valence-corrected chi connectivity index (χ0v) is 13.0. The normalized spacial score (nSPS) is 32.2. The third-order valence-corrected chi connectivity index (χ3v) is 4.22. The number of ether oxygens (including phenoxy) is 4. The molecule has 0 spiro atoms. The molecular weight excluding hydrogens is 284 g/mol. The van der Waals surface area contributed by atoms with Crippen molar-refractivity contribution < 1.29 is 23.7 Å². The Bertz CT molecular complexity index is 512. The highest BCUT2D eigenvalue weighted by Gasteiger charge is 2.38. The van der Waals surface area contributed by atoms with E-state index in [1.165, 1.54) is 0 Å². The van der Waals surface area contributed by atoms with Crippen LogP contribution in [-0.4, -0.2) is 37.8 Å². The predicted molar refractivity (Wildman–Crippen MR) is 79.8 cm³/mol. The van der Waals surface area contributed by atoms with E-state index < -0.39 is 6.29 Å². The number of ketones is 1. The number of rotatable bonds is 3. The Morgan fingerprint density at radius 1 is 1.14 bits per heavy atom. The maximum absolute atomic E-state index is 12.0. The van der Waals surface area contributed by atoms with Crippen molar-refractivity contribution in [2.75, 3.05) is 13.7 Å². The molecule has 2 saturated heterocycles. The molecule has 5 heteroatoms. The molecule has 0 bridgehead atoms. The van der Waals surface area contributed by atoms with Gasteiger partial charge in [-0.25, -0.2) is 0 Å². The standard InChI is InChI=1S/C17H22O5/c1-3-13-8-12(18)9-15-16(21-13)10-20-17(22-15)11-4-6-14(19-2)7-5-11/h4-7,13,15-17H,3,8-10H2,1-2H3/t13-,15-,16+,17+/m0/s1. The third kappa shape index (κ3) is 3.32. The van der Waals surface area contributed by atoms with Gasteiger partial charge in [0.2, 0.25) is 0 Å². The molecule has 2 aliphatic heterocycles. The molecule has 4 atom stereocenters. The van der Waals surface area contributed by atoms with Crippen LogP contribution in [0, 0.1) is 0 Å². The third-order valence-electron chi connectivity index (χ3n) is 4.22. The fourth-order valence-electron chi connectivity index (χ4n) is 2.92. The Labute approximate surface area is 130 Å². The summed E-state index contributed by atoms with van der Waals surface area (Å²) >= 11 is 0. The van der Waals surface area contributed by atoms with Gasteiger partial charge in [0.25, 0.3) is 0 Å². The number of hydrogen-bond donors (Lipinski definition) is 0. The van der Waals surface area contributed by atoms with E-state index in [1.54, 1.807) is 7.11 Å². The molecule has 1 aromatic rings. The van der Waals surface area contributed by atoms with Gasteiger partial charge in [0.15, 0.2) is 6.29 Å². The lowest BCUT2D eigenvalue weighted by Gasteiger charge is -2.36. The topological polar surface area (TPSA) is 54.0 Å². The first-order valence-corrected chi connectivity index (χ1v) is 7.77. The minimum absolute atomic E-state index is 0.0211. The highest BCUT2D eigenvalue weighted by molar-refractivity contribution is 5.79. The van der Waals surface area contributed by atoms with E-state index in [0.717, 1.165) is 17.7 Å². The summed E-state index contributed by atoms with van der Waals surface area (Å²) in [6.45, 7) is 2.48. The van der Waals surface area contributed by atoms with Gasteiger partial charge in [0.1, 0.15) is 17.6 Å². The molecule has 0 aromatic heterocycles. The van der Waals surface area contributed by atoms with Gasteiger partial charge in [-0.3, -0.25) is 4.79 Å². The fourth-order valence-corrected chi connectivity index (χ4v) is 2.92. The molecule has 2 fully saturated rings. The zero-order valence-electron chi connectivity index (χ0n) is 13.0. The second kappa shape index (κ2) is 6.77. The van der Waals surface area contributed by atoms with Gasteiger partial charge in [-0.15, -0.1) is 0 Å². The van der Waals surface area contributed by atoms with Crippen LogP contribution in [0.4, 0.5) is 0 Å². The van der Waals surface area contributed by atoms with E-state index in [4.69, 9.17) is 18.9 Å². The summed E-state index contributed by atoms with van der Waals surface area (Å²) in [4.78, 5) is 12.0. The van der Waals surface area contributed by atoms with Crippen LogP contribution in [0.25, 0.3) is 0 Å². The van der Waals surface area contributed by atoms with Crippen molar-refractivity contribution in [2.24, 2.45) is 0 Å². The molecule has 2 aliphatic rings. The summed E-state index contributed by atoms with van der Waals surface area (Å²) in [6.07, 6.45) is 0.832. The Hall–Kier alpha value is -1.43. The summed E-state index contributed by atoms with van der Waals surface area (Å²) in [5.74, 6) is 0.992. The molecule has 0 aliphatic carbocycles. The molecule has 0 N–H and O–H groups in total. The lowest BCUT2D eigenvalue weighted by Crippen LogP contribution is -2.42. The molecule has 3 rings (SSSR count). The average Bonchev–Trinajstić information content (AvgIpc) is 2.71. The average molecular weight is 306 g/mol. The van der Waals surface area contributed by atoms with Gasteiger partial charge in [0.05, 0.1) is 25.9 Å². The van der Waals surface area contributed by atoms with Gasteiger partial charge in [0, 0.05) is 18.4 Å². The highest BCUT2D eigenvalue weighted by atomic mass is 16.7. The van der Waals surface area contributed by atoms with Gasteiger partial charge >= 0.3 is 0 Å². The minimum Gasteiger partial charge on any atom is -0.497 e. The van der Waals surface area contributed by atoms with Crippen molar-refractivity contribution in [3.8, 4) is 5.75 Å². The lowest BCUT2D eigenvalue weighted by molar-refractivity contribution is -0.268.